The van der Waals surface area contributed by atoms with Gasteiger partial charge in [0.1, 0.15) is 16.5 Å². The van der Waals surface area contributed by atoms with Gasteiger partial charge < -0.3 is 0 Å². The van der Waals surface area contributed by atoms with Gasteiger partial charge in [0.25, 0.3) is 0 Å². The van der Waals surface area contributed by atoms with Crippen LogP contribution in [0.4, 0.5) is 0 Å². The van der Waals surface area contributed by atoms with Gasteiger partial charge in [-0.2, -0.15) is 0 Å². The van der Waals surface area contributed by atoms with Crippen LogP contribution in [0.5, 0.6) is 0 Å². The van der Waals surface area contributed by atoms with Crippen LogP contribution in [-0.4, -0.2) is 24.7 Å². The van der Waals surface area contributed by atoms with Gasteiger partial charge >= 0.3 is 5.69 Å². The highest BCUT2D eigenvalue weighted by molar-refractivity contribution is 7.99. The number of rotatable bonds is 5. The van der Waals surface area contributed by atoms with Gasteiger partial charge in [-0.25, -0.2) is 19.9 Å². The van der Waals surface area contributed by atoms with E-state index >= 15 is 0 Å². The molecule has 8 heteroatoms. The maximum Gasteiger partial charge on any atom is 0.344 e. The number of halogens is 1. The Morgan fingerprint density at radius 1 is 1.45 bits per heavy atom. The van der Waals surface area contributed by atoms with Crippen LogP contribution >= 0.6 is 23.4 Å². The zero-order chi connectivity index (χ0) is 14.7. The lowest BCUT2D eigenvalue weighted by molar-refractivity contribution is 0.533. The molecule has 0 spiro atoms. The Balaban J connectivity index is 2.40. The smallest absolute Gasteiger partial charge is 0.267 e. The minimum Gasteiger partial charge on any atom is -0.267 e. The summed E-state index contributed by atoms with van der Waals surface area (Å²) in [5, 5.41) is 8.29. The first kappa shape index (κ1) is 15.1. The van der Waals surface area contributed by atoms with E-state index in [1.54, 1.807) is 4.57 Å². The number of aromatic nitrogens is 5. The highest BCUT2D eigenvalue weighted by atomic mass is 35.5. The molecule has 0 amide bonds. The van der Waals surface area contributed by atoms with Gasteiger partial charge in [0.15, 0.2) is 5.16 Å². The average Bonchev–Trinajstić information content (AvgIpc) is 2.75. The largest absolute Gasteiger partial charge is 0.344 e. The topological polar surface area (TPSA) is 76.5 Å². The Bertz CT molecular complexity index is 652. The summed E-state index contributed by atoms with van der Waals surface area (Å²) >= 11 is 7.45. The van der Waals surface area contributed by atoms with Crippen molar-refractivity contribution in [3.05, 3.63) is 27.5 Å². The zero-order valence-corrected chi connectivity index (χ0v) is 13.1. The fraction of sp³-hybridized carbons (Fsp3) is 0.500. The Morgan fingerprint density at radius 3 is 2.85 bits per heavy atom. The van der Waals surface area contributed by atoms with Gasteiger partial charge in [0, 0.05) is 11.6 Å². The van der Waals surface area contributed by atoms with Crippen molar-refractivity contribution >= 4 is 23.4 Å². The van der Waals surface area contributed by atoms with E-state index in [9.17, 15) is 4.79 Å². The van der Waals surface area contributed by atoms with E-state index in [0.717, 1.165) is 23.4 Å². The molecule has 2 rings (SSSR count). The summed E-state index contributed by atoms with van der Waals surface area (Å²) in [4.78, 5) is 20.0. The minimum absolute atomic E-state index is 0.0238. The Kier molecular flexibility index (Phi) is 4.82. The molecule has 0 atom stereocenters. The maximum absolute atomic E-state index is 11.7. The van der Waals surface area contributed by atoms with Crippen LogP contribution in [-0.2, 0) is 6.42 Å². The molecule has 0 saturated carbocycles. The number of hydrogen-bond donors (Lipinski definition) is 1. The van der Waals surface area contributed by atoms with Gasteiger partial charge in [-0.3, -0.25) is 4.57 Å². The number of hydrogen-bond acceptors (Lipinski definition) is 5. The Hall–Kier alpha value is -1.34. The molecule has 0 radical (unpaired) electrons. The van der Waals surface area contributed by atoms with Crippen LogP contribution in [0.2, 0.25) is 5.15 Å². The Morgan fingerprint density at radius 2 is 2.20 bits per heavy atom. The van der Waals surface area contributed by atoms with E-state index in [1.165, 1.54) is 18.1 Å². The summed E-state index contributed by atoms with van der Waals surface area (Å²) < 4.78 is 1.59. The van der Waals surface area contributed by atoms with Gasteiger partial charge in [0.2, 0.25) is 0 Å². The molecule has 0 aliphatic heterocycles. The van der Waals surface area contributed by atoms with Crippen molar-refractivity contribution in [1.82, 2.24) is 24.7 Å². The van der Waals surface area contributed by atoms with Crippen LogP contribution in [0.15, 0.2) is 21.3 Å². The SMILES string of the molecule is CCCc1c(Cl)ncnc1Sc1n[nH]c(=O)n1C(C)C. The van der Waals surface area contributed by atoms with Crippen LogP contribution in [0.25, 0.3) is 0 Å². The lowest BCUT2D eigenvalue weighted by Gasteiger charge is -2.10. The fourth-order valence-electron chi connectivity index (χ4n) is 1.83. The minimum atomic E-state index is -0.223. The van der Waals surface area contributed by atoms with Crippen molar-refractivity contribution < 1.29 is 0 Å². The highest BCUT2D eigenvalue weighted by Gasteiger charge is 2.17. The van der Waals surface area contributed by atoms with Crippen molar-refractivity contribution in [2.45, 2.75) is 49.8 Å². The predicted molar refractivity (Wildman–Crippen MR) is 78.4 cm³/mol. The molecule has 0 aromatic carbocycles. The quantitative estimate of drug-likeness (QED) is 0.859. The maximum atomic E-state index is 11.7. The Labute approximate surface area is 126 Å². The van der Waals surface area contributed by atoms with Gasteiger partial charge in [0.05, 0.1) is 0 Å². The summed E-state index contributed by atoms with van der Waals surface area (Å²) in [6, 6.07) is 0.0238. The third kappa shape index (κ3) is 3.04. The van der Waals surface area contributed by atoms with Gasteiger partial charge in [-0.05, 0) is 32.0 Å². The molecular formula is C12H16ClN5OS. The van der Waals surface area contributed by atoms with Crippen LogP contribution in [0.3, 0.4) is 0 Å². The normalized spacial score (nSPS) is 11.2. The first-order valence-electron chi connectivity index (χ1n) is 6.38. The third-order valence-electron chi connectivity index (χ3n) is 2.73. The molecular weight excluding hydrogens is 298 g/mol. The molecule has 0 bridgehead atoms. The average molecular weight is 314 g/mol. The van der Waals surface area contributed by atoms with E-state index in [1.807, 2.05) is 13.8 Å². The number of aromatic amines is 1. The first-order chi connectivity index (χ1) is 9.54. The lowest BCUT2D eigenvalue weighted by atomic mass is 10.2. The fourth-order valence-corrected chi connectivity index (χ4v) is 3.19. The molecule has 1 N–H and O–H groups in total. The molecule has 2 aromatic rings. The van der Waals surface area contributed by atoms with E-state index in [2.05, 4.69) is 27.1 Å². The monoisotopic (exact) mass is 313 g/mol. The molecule has 0 fully saturated rings. The van der Waals surface area contributed by atoms with E-state index in [4.69, 9.17) is 11.6 Å². The molecule has 6 nitrogen and oxygen atoms in total. The van der Waals surface area contributed by atoms with Crippen molar-refractivity contribution in [3.8, 4) is 0 Å². The van der Waals surface area contributed by atoms with E-state index in [-0.39, 0.29) is 11.7 Å². The van der Waals surface area contributed by atoms with Crippen LogP contribution in [0, 0.1) is 0 Å². The molecule has 2 heterocycles. The first-order valence-corrected chi connectivity index (χ1v) is 7.58. The van der Waals surface area contributed by atoms with Crippen LogP contribution in [0.1, 0.15) is 38.8 Å². The molecule has 0 unspecified atom stereocenters. The second-order valence-corrected chi connectivity index (χ2v) is 5.89. The molecule has 2 aromatic heterocycles. The second kappa shape index (κ2) is 6.41. The van der Waals surface area contributed by atoms with Crippen molar-refractivity contribution in [1.29, 1.82) is 0 Å². The molecule has 0 aliphatic carbocycles. The predicted octanol–water partition coefficient (Wildman–Crippen LogP) is 2.70. The number of H-pyrrole nitrogens is 1. The van der Waals surface area contributed by atoms with Crippen LogP contribution < -0.4 is 5.69 Å². The number of nitrogens with zero attached hydrogens (tertiary/aromatic N) is 4. The molecule has 0 saturated heterocycles. The summed E-state index contributed by atoms with van der Waals surface area (Å²) in [5.74, 6) is 0. The summed E-state index contributed by atoms with van der Waals surface area (Å²) in [6.07, 6.45) is 3.16. The zero-order valence-electron chi connectivity index (χ0n) is 11.6. The molecule has 108 valence electrons. The van der Waals surface area contributed by atoms with Gasteiger partial charge in [-0.1, -0.05) is 24.9 Å². The lowest BCUT2D eigenvalue weighted by Crippen LogP contribution is -2.19. The third-order valence-corrected chi connectivity index (χ3v) is 4.07. The van der Waals surface area contributed by atoms with E-state index in [0.29, 0.717) is 10.3 Å². The van der Waals surface area contributed by atoms with E-state index < -0.39 is 0 Å². The summed E-state index contributed by atoms with van der Waals surface area (Å²) in [7, 11) is 0. The standard InChI is InChI=1S/C12H16ClN5OS/c1-4-5-8-9(13)14-6-15-10(8)20-12-17-16-11(19)18(12)7(2)3/h6-7H,4-5H2,1-3H3,(H,16,19). The molecule has 20 heavy (non-hydrogen) atoms. The van der Waals surface area contributed by atoms with Gasteiger partial charge in [-0.15, -0.1) is 5.10 Å². The van der Waals surface area contributed by atoms with Crippen molar-refractivity contribution in [2.75, 3.05) is 0 Å². The second-order valence-electron chi connectivity index (χ2n) is 4.58. The van der Waals surface area contributed by atoms with Crippen molar-refractivity contribution in [2.24, 2.45) is 0 Å². The number of nitrogens with one attached hydrogen (secondary N) is 1. The van der Waals surface area contributed by atoms with Crippen molar-refractivity contribution in [3.63, 3.8) is 0 Å². The highest BCUT2D eigenvalue weighted by Crippen LogP contribution is 2.30. The summed E-state index contributed by atoms with van der Waals surface area (Å²) in [6.45, 7) is 5.93. The molecule has 0 aliphatic rings. The summed E-state index contributed by atoms with van der Waals surface area (Å²) in [5.41, 5.74) is 0.673.